The number of hydrogen-bond acceptors (Lipinski definition) is 2. The summed E-state index contributed by atoms with van der Waals surface area (Å²) in [4.78, 5) is 15.6. The van der Waals surface area contributed by atoms with Gasteiger partial charge in [-0.3, -0.25) is 9.78 Å². The van der Waals surface area contributed by atoms with Crippen molar-refractivity contribution in [3.8, 4) is 0 Å². The molecule has 0 fully saturated rings. The maximum atomic E-state index is 11.1. The zero-order chi connectivity index (χ0) is 13.0. The highest BCUT2D eigenvalue weighted by Crippen LogP contribution is 2.17. The lowest BCUT2D eigenvalue weighted by molar-refractivity contribution is -0.141. The fourth-order valence-corrected chi connectivity index (χ4v) is 2.14. The number of carboxylic acid groups (broad SMARTS) is 1. The van der Waals surface area contributed by atoms with E-state index in [4.69, 9.17) is 5.11 Å². The fourth-order valence-electron chi connectivity index (χ4n) is 2.14. The van der Waals surface area contributed by atoms with Crippen LogP contribution < -0.4 is 0 Å². The van der Waals surface area contributed by atoms with E-state index >= 15 is 0 Å². The molecule has 18 heavy (non-hydrogen) atoms. The maximum Gasteiger partial charge on any atom is 0.306 e. The Labute approximate surface area is 106 Å². The standard InChI is InChI=1S/C15H17NO2/c1-2-5-12(15(17)18)10-13-9-8-11-6-3-4-7-14(11)16-13/h3-4,6-9,12H,2,5,10H2,1H3,(H,17,18). The van der Waals surface area contributed by atoms with Gasteiger partial charge >= 0.3 is 5.97 Å². The fraction of sp³-hybridized carbons (Fsp3) is 0.333. The molecule has 0 aliphatic heterocycles. The summed E-state index contributed by atoms with van der Waals surface area (Å²) < 4.78 is 0. The van der Waals surface area contributed by atoms with E-state index in [9.17, 15) is 4.79 Å². The first kappa shape index (κ1) is 12.6. The number of hydrogen-bond donors (Lipinski definition) is 1. The average Bonchev–Trinajstić information content (AvgIpc) is 2.38. The van der Waals surface area contributed by atoms with E-state index in [2.05, 4.69) is 4.98 Å². The highest BCUT2D eigenvalue weighted by molar-refractivity contribution is 5.78. The third-order valence-electron chi connectivity index (χ3n) is 3.10. The van der Waals surface area contributed by atoms with Crippen LogP contribution in [0.3, 0.4) is 0 Å². The van der Waals surface area contributed by atoms with Gasteiger partial charge in [0.05, 0.1) is 11.4 Å². The van der Waals surface area contributed by atoms with Crippen LogP contribution in [0.25, 0.3) is 10.9 Å². The Kier molecular flexibility index (Phi) is 3.92. The molecule has 1 atom stereocenters. The molecule has 1 unspecified atom stereocenters. The summed E-state index contributed by atoms with van der Waals surface area (Å²) in [5.41, 5.74) is 1.78. The molecule has 0 saturated carbocycles. The number of pyridine rings is 1. The largest absolute Gasteiger partial charge is 0.481 e. The Morgan fingerprint density at radius 2 is 2.06 bits per heavy atom. The molecule has 0 aliphatic carbocycles. The number of nitrogens with zero attached hydrogens (tertiary/aromatic N) is 1. The Balaban J connectivity index is 2.22. The van der Waals surface area contributed by atoms with Crippen LogP contribution >= 0.6 is 0 Å². The van der Waals surface area contributed by atoms with Crippen LogP contribution in [0.5, 0.6) is 0 Å². The summed E-state index contributed by atoms with van der Waals surface area (Å²) in [5, 5.41) is 10.2. The quantitative estimate of drug-likeness (QED) is 0.876. The van der Waals surface area contributed by atoms with Crippen molar-refractivity contribution in [1.82, 2.24) is 4.98 Å². The third-order valence-corrected chi connectivity index (χ3v) is 3.10. The molecule has 3 nitrogen and oxygen atoms in total. The van der Waals surface area contributed by atoms with Crippen molar-refractivity contribution in [2.24, 2.45) is 5.92 Å². The molecule has 1 N–H and O–H groups in total. The maximum absolute atomic E-state index is 11.1. The first-order valence-corrected chi connectivity index (χ1v) is 6.28. The van der Waals surface area contributed by atoms with Crippen molar-refractivity contribution in [3.63, 3.8) is 0 Å². The third kappa shape index (κ3) is 2.86. The molecule has 0 spiro atoms. The normalized spacial score (nSPS) is 12.5. The second kappa shape index (κ2) is 5.63. The Hall–Kier alpha value is -1.90. The minimum Gasteiger partial charge on any atom is -0.481 e. The van der Waals surface area contributed by atoms with Crippen LogP contribution in [0.4, 0.5) is 0 Å². The van der Waals surface area contributed by atoms with Gasteiger partial charge in [-0.05, 0) is 18.6 Å². The molecule has 2 aromatic rings. The molecular weight excluding hydrogens is 226 g/mol. The van der Waals surface area contributed by atoms with Gasteiger partial charge in [0.2, 0.25) is 0 Å². The highest BCUT2D eigenvalue weighted by Gasteiger charge is 2.17. The van der Waals surface area contributed by atoms with Gasteiger partial charge < -0.3 is 5.11 Å². The lowest BCUT2D eigenvalue weighted by atomic mass is 9.97. The van der Waals surface area contributed by atoms with Crippen LogP contribution in [-0.4, -0.2) is 16.1 Å². The van der Waals surface area contributed by atoms with Crippen molar-refractivity contribution >= 4 is 16.9 Å². The Morgan fingerprint density at radius 1 is 1.28 bits per heavy atom. The van der Waals surface area contributed by atoms with Crippen molar-refractivity contribution in [2.75, 3.05) is 0 Å². The number of aromatic nitrogens is 1. The summed E-state index contributed by atoms with van der Waals surface area (Å²) >= 11 is 0. The topological polar surface area (TPSA) is 50.2 Å². The van der Waals surface area contributed by atoms with Crippen molar-refractivity contribution in [3.05, 3.63) is 42.1 Å². The number of rotatable bonds is 5. The van der Waals surface area contributed by atoms with E-state index in [1.54, 1.807) is 0 Å². The van der Waals surface area contributed by atoms with Gasteiger partial charge in [0.1, 0.15) is 0 Å². The van der Waals surface area contributed by atoms with Gasteiger partial charge in [0.25, 0.3) is 0 Å². The average molecular weight is 243 g/mol. The van der Waals surface area contributed by atoms with Gasteiger partial charge in [-0.2, -0.15) is 0 Å². The molecule has 0 amide bonds. The second-order valence-corrected chi connectivity index (χ2v) is 4.52. The number of aliphatic carboxylic acids is 1. The van der Waals surface area contributed by atoms with Gasteiger partial charge in [-0.1, -0.05) is 37.6 Å². The van der Waals surface area contributed by atoms with Gasteiger partial charge in [0, 0.05) is 17.5 Å². The van der Waals surface area contributed by atoms with Crippen molar-refractivity contribution in [1.29, 1.82) is 0 Å². The van der Waals surface area contributed by atoms with Gasteiger partial charge in [-0.15, -0.1) is 0 Å². The number of fused-ring (bicyclic) bond motifs is 1. The second-order valence-electron chi connectivity index (χ2n) is 4.52. The molecule has 1 heterocycles. The van der Waals surface area contributed by atoms with E-state index in [1.807, 2.05) is 43.3 Å². The van der Waals surface area contributed by atoms with Crippen LogP contribution in [0.15, 0.2) is 36.4 Å². The first-order valence-electron chi connectivity index (χ1n) is 6.28. The number of carboxylic acids is 1. The van der Waals surface area contributed by atoms with Gasteiger partial charge in [0.15, 0.2) is 0 Å². The van der Waals surface area contributed by atoms with E-state index in [0.717, 1.165) is 23.0 Å². The van der Waals surface area contributed by atoms with Crippen molar-refractivity contribution in [2.45, 2.75) is 26.2 Å². The molecule has 3 heteroatoms. The molecule has 94 valence electrons. The molecule has 0 aliphatic rings. The van der Waals surface area contributed by atoms with Crippen LogP contribution in [0.2, 0.25) is 0 Å². The molecule has 0 radical (unpaired) electrons. The number of para-hydroxylation sites is 1. The first-order chi connectivity index (χ1) is 8.70. The SMILES string of the molecule is CCCC(Cc1ccc2ccccc2n1)C(=O)O. The summed E-state index contributed by atoms with van der Waals surface area (Å²) in [5.74, 6) is -1.06. The molecular formula is C15H17NO2. The van der Waals surface area contributed by atoms with Crippen molar-refractivity contribution < 1.29 is 9.90 Å². The highest BCUT2D eigenvalue weighted by atomic mass is 16.4. The van der Waals surface area contributed by atoms with E-state index in [0.29, 0.717) is 12.8 Å². The summed E-state index contributed by atoms with van der Waals surface area (Å²) in [6.07, 6.45) is 2.09. The van der Waals surface area contributed by atoms with E-state index < -0.39 is 5.97 Å². The minimum absolute atomic E-state index is 0.330. The number of carbonyl (C=O) groups is 1. The zero-order valence-electron chi connectivity index (χ0n) is 10.5. The zero-order valence-corrected chi connectivity index (χ0v) is 10.5. The molecule has 1 aromatic heterocycles. The predicted molar refractivity (Wildman–Crippen MR) is 71.5 cm³/mol. The molecule has 2 rings (SSSR count). The smallest absolute Gasteiger partial charge is 0.306 e. The lowest BCUT2D eigenvalue weighted by Crippen LogP contribution is -2.16. The van der Waals surface area contributed by atoms with Crippen LogP contribution in [0, 0.1) is 5.92 Å². The monoisotopic (exact) mass is 243 g/mol. The van der Waals surface area contributed by atoms with Crippen LogP contribution in [-0.2, 0) is 11.2 Å². The van der Waals surface area contributed by atoms with E-state index in [1.165, 1.54) is 0 Å². The summed E-state index contributed by atoms with van der Waals surface area (Å²) in [7, 11) is 0. The lowest BCUT2D eigenvalue weighted by Gasteiger charge is -2.10. The van der Waals surface area contributed by atoms with E-state index in [-0.39, 0.29) is 5.92 Å². The Morgan fingerprint density at radius 3 is 2.78 bits per heavy atom. The predicted octanol–water partition coefficient (Wildman–Crippen LogP) is 3.28. The van der Waals surface area contributed by atoms with Crippen LogP contribution in [0.1, 0.15) is 25.5 Å². The summed E-state index contributed by atoms with van der Waals surface area (Å²) in [6, 6.07) is 11.8. The molecule has 1 aromatic carbocycles. The molecule has 0 bridgehead atoms. The number of benzene rings is 1. The molecule has 0 saturated heterocycles. The Bertz CT molecular complexity index is 551. The van der Waals surface area contributed by atoms with Gasteiger partial charge in [-0.25, -0.2) is 0 Å². The summed E-state index contributed by atoms with van der Waals surface area (Å²) in [6.45, 7) is 2.00. The minimum atomic E-state index is -0.730.